The summed E-state index contributed by atoms with van der Waals surface area (Å²) in [7, 11) is 0. The van der Waals surface area contributed by atoms with E-state index >= 15 is 0 Å². The molecule has 1 aliphatic heterocycles. The Balaban J connectivity index is 2.29. The lowest BCUT2D eigenvalue weighted by atomic mass is 10.2. The third-order valence-corrected chi connectivity index (χ3v) is 3.08. The maximum absolute atomic E-state index is 11.8. The van der Waals surface area contributed by atoms with Gasteiger partial charge in [0, 0.05) is 19.6 Å². The van der Waals surface area contributed by atoms with Crippen molar-refractivity contribution in [1.82, 2.24) is 10.2 Å². The average Bonchev–Trinajstić information content (AvgIpc) is 2.34. The summed E-state index contributed by atoms with van der Waals surface area (Å²) >= 11 is 0. The lowest BCUT2D eigenvalue weighted by molar-refractivity contribution is -0.157. The maximum atomic E-state index is 11.8. The zero-order chi connectivity index (χ0) is 14.5. The third kappa shape index (κ3) is 6.36. The number of nitrogens with zero attached hydrogens (tertiary/aromatic N) is 1. The number of esters is 1. The summed E-state index contributed by atoms with van der Waals surface area (Å²) in [6.45, 7) is 14.0. The Kier molecular flexibility index (Phi) is 6.23. The van der Waals surface area contributed by atoms with Gasteiger partial charge in [0.05, 0.1) is 12.7 Å². The zero-order valence-corrected chi connectivity index (χ0v) is 12.9. The number of hydrogen-bond acceptors (Lipinski definition) is 5. The summed E-state index contributed by atoms with van der Waals surface area (Å²) in [6.07, 6.45) is 0.151. The number of morpholine rings is 1. The number of nitrogens with one attached hydrogen (secondary N) is 1. The molecule has 0 bridgehead atoms. The lowest BCUT2D eigenvalue weighted by Gasteiger charge is -2.32. The summed E-state index contributed by atoms with van der Waals surface area (Å²) in [6, 6.07) is -0.306. The average molecular weight is 272 g/mol. The Morgan fingerprint density at radius 3 is 2.79 bits per heavy atom. The molecule has 1 fully saturated rings. The van der Waals surface area contributed by atoms with Crippen molar-refractivity contribution in [3.05, 3.63) is 0 Å². The molecule has 112 valence electrons. The van der Waals surface area contributed by atoms with Crippen LogP contribution >= 0.6 is 0 Å². The Hall–Kier alpha value is -0.650. The van der Waals surface area contributed by atoms with Gasteiger partial charge in [-0.3, -0.25) is 9.69 Å². The molecule has 5 nitrogen and oxygen atoms in total. The molecule has 1 rings (SSSR count). The van der Waals surface area contributed by atoms with Gasteiger partial charge < -0.3 is 14.8 Å². The predicted octanol–water partition coefficient (Wildman–Crippen LogP) is 1.03. The van der Waals surface area contributed by atoms with Crippen LogP contribution in [0.2, 0.25) is 0 Å². The molecule has 1 heterocycles. The Bertz CT molecular complexity index is 289. The van der Waals surface area contributed by atoms with Crippen molar-refractivity contribution in [2.75, 3.05) is 32.8 Å². The molecular formula is C14H28N2O3. The molecule has 0 amide bonds. The fourth-order valence-electron chi connectivity index (χ4n) is 1.97. The first-order chi connectivity index (χ1) is 8.81. The molecule has 1 saturated heterocycles. The Labute approximate surface area is 116 Å². The van der Waals surface area contributed by atoms with Crippen molar-refractivity contribution >= 4 is 5.97 Å². The highest BCUT2D eigenvalue weighted by atomic mass is 16.6. The highest BCUT2D eigenvalue weighted by Crippen LogP contribution is 2.09. The van der Waals surface area contributed by atoms with Crippen LogP contribution in [0.25, 0.3) is 0 Å². The second-order valence-corrected chi connectivity index (χ2v) is 6.05. The van der Waals surface area contributed by atoms with Gasteiger partial charge in [-0.1, -0.05) is 6.92 Å². The minimum Gasteiger partial charge on any atom is -0.459 e. The lowest BCUT2D eigenvalue weighted by Crippen LogP contribution is -2.49. The second kappa shape index (κ2) is 7.22. The molecular weight excluding hydrogens is 244 g/mol. The molecule has 2 atom stereocenters. The highest BCUT2D eigenvalue weighted by Gasteiger charge is 2.24. The third-order valence-electron chi connectivity index (χ3n) is 3.08. The first-order valence-corrected chi connectivity index (χ1v) is 7.12. The van der Waals surface area contributed by atoms with E-state index in [4.69, 9.17) is 9.47 Å². The van der Waals surface area contributed by atoms with Crippen molar-refractivity contribution < 1.29 is 14.3 Å². The van der Waals surface area contributed by atoms with Gasteiger partial charge in [0.15, 0.2) is 0 Å². The molecule has 0 aromatic heterocycles. The predicted molar refractivity (Wildman–Crippen MR) is 75.2 cm³/mol. The van der Waals surface area contributed by atoms with Crippen molar-refractivity contribution in [2.24, 2.45) is 0 Å². The van der Waals surface area contributed by atoms with Crippen LogP contribution in [0.1, 0.15) is 34.6 Å². The summed E-state index contributed by atoms with van der Waals surface area (Å²) in [5, 5.41) is 3.19. The van der Waals surface area contributed by atoms with Crippen LogP contribution < -0.4 is 5.32 Å². The standard InChI is InChI=1S/C14H28N2O3/c1-6-16-7-8-18-12(10-16)9-15-11(2)13(17)19-14(3,4)5/h11-12,15H,6-10H2,1-5H3. The summed E-state index contributed by atoms with van der Waals surface area (Å²) < 4.78 is 11.0. The van der Waals surface area contributed by atoms with Crippen molar-refractivity contribution in [1.29, 1.82) is 0 Å². The van der Waals surface area contributed by atoms with E-state index in [0.717, 1.165) is 26.2 Å². The van der Waals surface area contributed by atoms with E-state index in [-0.39, 0.29) is 18.1 Å². The zero-order valence-electron chi connectivity index (χ0n) is 12.9. The van der Waals surface area contributed by atoms with Gasteiger partial charge >= 0.3 is 5.97 Å². The normalized spacial score (nSPS) is 23.1. The molecule has 2 unspecified atom stereocenters. The summed E-state index contributed by atoms with van der Waals surface area (Å²) in [5.41, 5.74) is -0.437. The van der Waals surface area contributed by atoms with Gasteiger partial charge in [-0.2, -0.15) is 0 Å². The molecule has 0 aromatic carbocycles. The van der Waals surface area contributed by atoms with Gasteiger partial charge in [0.1, 0.15) is 11.6 Å². The molecule has 1 N–H and O–H groups in total. The van der Waals surface area contributed by atoms with E-state index in [1.54, 1.807) is 0 Å². The van der Waals surface area contributed by atoms with E-state index in [1.165, 1.54) is 0 Å². The van der Waals surface area contributed by atoms with Crippen LogP contribution in [0.4, 0.5) is 0 Å². The van der Waals surface area contributed by atoms with Gasteiger partial charge in [-0.15, -0.1) is 0 Å². The maximum Gasteiger partial charge on any atom is 0.323 e. The molecule has 0 aromatic rings. The van der Waals surface area contributed by atoms with Crippen LogP contribution in [0.5, 0.6) is 0 Å². The molecule has 0 spiro atoms. The number of carbonyl (C=O) groups excluding carboxylic acids is 1. The number of rotatable bonds is 5. The van der Waals surface area contributed by atoms with E-state index in [1.807, 2.05) is 27.7 Å². The number of hydrogen-bond donors (Lipinski definition) is 1. The van der Waals surface area contributed by atoms with Crippen LogP contribution in [-0.4, -0.2) is 61.4 Å². The van der Waals surface area contributed by atoms with Crippen LogP contribution in [-0.2, 0) is 14.3 Å². The van der Waals surface area contributed by atoms with Crippen LogP contribution in [0.15, 0.2) is 0 Å². The number of carbonyl (C=O) groups is 1. The minimum absolute atomic E-state index is 0.151. The Morgan fingerprint density at radius 1 is 1.53 bits per heavy atom. The van der Waals surface area contributed by atoms with Crippen molar-refractivity contribution in [3.8, 4) is 0 Å². The number of likely N-dealkylation sites (N-methyl/N-ethyl adjacent to an activating group) is 1. The largest absolute Gasteiger partial charge is 0.459 e. The molecule has 0 aliphatic carbocycles. The monoisotopic (exact) mass is 272 g/mol. The highest BCUT2D eigenvalue weighted by molar-refractivity contribution is 5.75. The van der Waals surface area contributed by atoms with E-state index in [0.29, 0.717) is 6.54 Å². The molecule has 1 aliphatic rings. The van der Waals surface area contributed by atoms with Gasteiger partial charge in [-0.25, -0.2) is 0 Å². The van der Waals surface area contributed by atoms with Crippen molar-refractivity contribution in [2.45, 2.75) is 52.4 Å². The van der Waals surface area contributed by atoms with Gasteiger partial charge in [-0.05, 0) is 34.2 Å². The van der Waals surface area contributed by atoms with E-state index in [9.17, 15) is 4.79 Å². The molecule has 19 heavy (non-hydrogen) atoms. The molecule has 0 radical (unpaired) electrons. The smallest absolute Gasteiger partial charge is 0.323 e. The van der Waals surface area contributed by atoms with E-state index < -0.39 is 5.60 Å². The van der Waals surface area contributed by atoms with Crippen LogP contribution in [0.3, 0.4) is 0 Å². The quantitative estimate of drug-likeness (QED) is 0.758. The number of ether oxygens (including phenoxy) is 2. The summed E-state index contributed by atoms with van der Waals surface area (Å²) in [4.78, 5) is 14.2. The van der Waals surface area contributed by atoms with Crippen molar-refractivity contribution in [3.63, 3.8) is 0 Å². The topological polar surface area (TPSA) is 50.8 Å². The second-order valence-electron chi connectivity index (χ2n) is 6.05. The molecule has 0 saturated carbocycles. The minimum atomic E-state index is -0.437. The Morgan fingerprint density at radius 2 is 2.21 bits per heavy atom. The fourth-order valence-corrected chi connectivity index (χ4v) is 1.97. The molecule has 5 heteroatoms. The van der Waals surface area contributed by atoms with E-state index in [2.05, 4.69) is 17.1 Å². The first-order valence-electron chi connectivity index (χ1n) is 7.12. The summed E-state index contributed by atoms with van der Waals surface area (Å²) in [5.74, 6) is -0.212. The van der Waals surface area contributed by atoms with Gasteiger partial charge in [0.2, 0.25) is 0 Å². The first kappa shape index (κ1) is 16.4. The van der Waals surface area contributed by atoms with Crippen LogP contribution in [0, 0.1) is 0 Å². The van der Waals surface area contributed by atoms with Gasteiger partial charge in [0.25, 0.3) is 0 Å². The fraction of sp³-hybridized carbons (Fsp3) is 0.929. The SMILES string of the molecule is CCN1CCOC(CNC(C)C(=O)OC(C)(C)C)C1.